The molecular weight excluding hydrogens is 174 g/mol. The van der Waals surface area contributed by atoms with Crippen LogP contribution in [0.3, 0.4) is 0 Å². The molecule has 0 spiro atoms. The first-order chi connectivity index (χ1) is 5.76. The summed E-state index contributed by atoms with van der Waals surface area (Å²) in [6, 6.07) is 0. The zero-order valence-corrected chi connectivity index (χ0v) is 7.57. The second kappa shape index (κ2) is 4.18. The summed E-state index contributed by atoms with van der Waals surface area (Å²) in [5.74, 6) is 0.519. The van der Waals surface area contributed by atoms with Crippen molar-refractivity contribution in [2.45, 2.75) is 19.9 Å². The van der Waals surface area contributed by atoms with Gasteiger partial charge in [-0.2, -0.15) is 0 Å². The van der Waals surface area contributed by atoms with Crippen LogP contribution in [0.5, 0.6) is 0 Å². The first kappa shape index (κ1) is 9.15. The SMILES string of the molecule is CCC(=O)Nc1csc(C[NH])n1. The van der Waals surface area contributed by atoms with Gasteiger partial charge >= 0.3 is 0 Å². The smallest absolute Gasteiger partial charge is 0.225 e. The van der Waals surface area contributed by atoms with E-state index in [-0.39, 0.29) is 12.5 Å². The fourth-order valence-electron chi connectivity index (χ4n) is 0.681. The van der Waals surface area contributed by atoms with Crippen molar-refractivity contribution in [2.75, 3.05) is 5.32 Å². The summed E-state index contributed by atoms with van der Waals surface area (Å²) >= 11 is 1.39. The van der Waals surface area contributed by atoms with E-state index in [9.17, 15) is 4.79 Å². The molecule has 0 aliphatic heterocycles. The van der Waals surface area contributed by atoms with Crippen LogP contribution >= 0.6 is 11.3 Å². The number of carbonyl (C=O) groups is 1. The van der Waals surface area contributed by atoms with Gasteiger partial charge in [0.2, 0.25) is 5.91 Å². The first-order valence-corrected chi connectivity index (χ1v) is 4.53. The maximum absolute atomic E-state index is 10.9. The number of carbonyl (C=O) groups excluding carboxylic acids is 1. The van der Waals surface area contributed by atoms with Gasteiger partial charge in [0.25, 0.3) is 0 Å². The summed E-state index contributed by atoms with van der Waals surface area (Å²) in [7, 11) is 0. The maximum atomic E-state index is 10.9. The third-order valence-electron chi connectivity index (χ3n) is 1.29. The number of hydrogen-bond donors (Lipinski definition) is 1. The van der Waals surface area contributed by atoms with Crippen LogP contribution in [0.25, 0.3) is 0 Å². The molecule has 1 aromatic heterocycles. The Kier molecular flexibility index (Phi) is 3.19. The topological polar surface area (TPSA) is 65.8 Å². The summed E-state index contributed by atoms with van der Waals surface area (Å²) in [5.41, 5.74) is 7.02. The van der Waals surface area contributed by atoms with Gasteiger partial charge in [-0.1, -0.05) is 6.92 Å². The van der Waals surface area contributed by atoms with Crippen LogP contribution in [0.4, 0.5) is 5.82 Å². The summed E-state index contributed by atoms with van der Waals surface area (Å²) in [6.07, 6.45) is 0.452. The van der Waals surface area contributed by atoms with Crippen molar-refractivity contribution in [3.63, 3.8) is 0 Å². The Morgan fingerprint density at radius 1 is 1.83 bits per heavy atom. The normalized spacial score (nSPS) is 9.83. The number of rotatable bonds is 3. The molecule has 0 atom stereocenters. The molecule has 0 saturated heterocycles. The third kappa shape index (κ3) is 2.28. The highest BCUT2D eigenvalue weighted by Gasteiger charge is 2.02. The highest BCUT2D eigenvalue weighted by molar-refractivity contribution is 7.10. The van der Waals surface area contributed by atoms with Crippen LogP contribution in [0.1, 0.15) is 18.4 Å². The fourth-order valence-corrected chi connectivity index (χ4v) is 1.27. The summed E-state index contributed by atoms with van der Waals surface area (Å²) in [5, 5.41) is 5.09. The highest BCUT2D eigenvalue weighted by atomic mass is 32.1. The van der Waals surface area contributed by atoms with E-state index in [4.69, 9.17) is 5.73 Å². The molecule has 2 N–H and O–H groups in total. The van der Waals surface area contributed by atoms with Crippen molar-refractivity contribution in [3.05, 3.63) is 10.4 Å². The maximum Gasteiger partial charge on any atom is 0.225 e. The van der Waals surface area contributed by atoms with Gasteiger partial charge in [-0.3, -0.25) is 10.5 Å². The molecule has 0 saturated carbocycles. The molecule has 1 rings (SSSR count). The zero-order valence-electron chi connectivity index (χ0n) is 6.76. The Morgan fingerprint density at radius 3 is 3.08 bits per heavy atom. The Balaban J connectivity index is 2.58. The van der Waals surface area contributed by atoms with Crippen molar-refractivity contribution in [1.29, 1.82) is 0 Å². The monoisotopic (exact) mass is 184 g/mol. The molecule has 4 nitrogen and oxygen atoms in total. The summed E-state index contributed by atoms with van der Waals surface area (Å²) < 4.78 is 0. The number of aromatic nitrogens is 1. The molecular formula is C7H10N3OS. The van der Waals surface area contributed by atoms with Crippen LogP contribution < -0.4 is 11.1 Å². The van der Waals surface area contributed by atoms with E-state index in [1.165, 1.54) is 11.3 Å². The van der Waals surface area contributed by atoms with Crippen molar-refractivity contribution < 1.29 is 4.79 Å². The van der Waals surface area contributed by atoms with Crippen LogP contribution in [-0.2, 0) is 11.3 Å². The summed E-state index contributed by atoms with van der Waals surface area (Å²) in [4.78, 5) is 14.9. The molecule has 65 valence electrons. The van der Waals surface area contributed by atoms with Crippen LogP contribution in [0.15, 0.2) is 5.38 Å². The highest BCUT2D eigenvalue weighted by Crippen LogP contribution is 2.13. The minimum absolute atomic E-state index is 0.0446. The molecule has 0 aliphatic rings. The molecule has 0 aromatic carbocycles. The van der Waals surface area contributed by atoms with Crippen LogP contribution in [0.2, 0.25) is 0 Å². The average molecular weight is 184 g/mol. The van der Waals surface area contributed by atoms with Crippen LogP contribution in [0, 0.1) is 0 Å². The van der Waals surface area contributed by atoms with Crippen molar-refractivity contribution in [1.82, 2.24) is 10.7 Å². The molecule has 0 aliphatic carbocycles. The fraction of sp³-hybridized carbons (Fsp3) is 0.429. The lowest BCUT2D eigenvalue weighted by molar-refractivity contribution is -0.115. The zero-order chi connectivity index (χ0) is 8.97. The second-order valence-corrected chi connectivity index (χ2v) is 3.15. The first-order valence-electron chi connectivity index (χ1n) is 3.65. The number of hydrogen-bond acceptors (Lipinski definition) is 3. The number of amides is 1. The molecule has 1 amide bonds. The lowest BCUT2D eigenvalue weighted by Crippen LogP contribution is -2.09. The van der Waals surface area contributed by atoms with E-state index in [0.29, 0.717) is 12.2 Å². The van der Waals surface area contributed by atoms with Gasteiger partial charge in [-0.25, -0.2) is 4.98 Å². The Hall–Kier alpha value is -0.940. The standard InChI is InChI=1S/C7H10N3OS/c1-2-6(11)9-5-4-12-7(3-8)10-5/h4,8H,2-3H2,1H3,(H,9,11). The van der Waals surface area contributed by atoms with Crippen molar-refractivity contribution >= 4 is 23.1 Å². The lowest BCUT2D eigenvalue weighted by atomic mass is 10.4. The van der Waals surface area contributed by atoms with Gasteiger partial charge in [0.15, 0.2) is 0 Å². The third-order valence-corrected chi connectivity index (χ3v) is 2.14. The van der Waals surface area contributed by atoms with Gasteiger partial charge < -0.3 is 5.32 Å². The number of nitrogens with one attached hydrogen (secondary N) is 2. The molecule has 1 radical (unpaired) electrons. The van der Waals surface area contributed by atoms with E-state index >= 15 is 0 Å². The van der Waals surface area contributed by atoms with Crippen molar-refractivity contribution in [2.24, 2.45) is 0 Å². The predicted octanol–water partition coefficient (Wildman–Crippen LogP) is 1.27. The molecule has 12 heavy (non-hydrogen) atoms. The molecule has 5 heteroatoms. The Labute approximate surface area is 74.8 Å². The minimum atomic E-state index is -0.0446. The van der Waals surface area contributed by atoms with E-state index < -0.39 is 0 Å². The molecule has 1 heterocycles. The van der Waals surface area contributed by atoms with Gasteiger partial charge in [-0.15, -0.1) is 11.3 Å². The Morgan fingerprint density at radius 2 is 2.58 bits per heavy atom. The molecule has 0 fully saturated rings. The van der Waals surface area contributed by atoms with Gasteiger partial charge in [0.1, 0.15) is 10.8 Å². The average Bonchev–Trinajstić information content (AvgIpc) is 2.52. The van der Waals surface area contributed by atoms with E-state index in [1.54, 1.807) is 12.3 Å². The van der Waals surface area contributed by atoms with Gasteiger partial charge in [0, 0.05) is 11.8 Å². The largest absolute Gasteiger partial charge is 0.310 e. The molecule has 0 bridgehead atoms. The predicted molar refractivity (Wildman–Crippen MR) is 47.8 cm³/mol. The van der Waals surface area contributed by atoms with Crippen LogP contribution in [-0.4, -0.2) is 10.9 Å². The second-order valence-electron chi connectivity index (χ2n) is 2.20. The molecule has 1 aromatic rings. The quantitative estimate of drug-likeness (QED) is 0.768. The van der Waals surface area contributed by atoms with E-state index in [2.05, 4.69) is 10.3 Å². The van der Waals surface area contributed by atoms with E-state index in [0.717, 1.165) is 5.01 Å². The summed E-state index contributed by atoms with van der Waals surface area (Å²) in [6.45, 7) is 1.96. The molecule has 0 unspecified atom stereocenters. The number of anilines is 1. The van der Waals surface area contributed by atoms with E-state index in [1.807, 2.05) is 0 Å². The van der Waals surface area contributed by atoms with Gasteiger partial charge in [0.05, 0.1) is 6.54 Å². The Bertz CT molecular complexity index is 271. The van der Waals surface area contributed by atoms with Gasteiger partial charge in [-0.05, 0) is 0 Å². The number of thiazole rings is 1. The lowest BCUT2D eigenvalue weighted by Gasteiger charge is -1.96. The number of nitrogens with zero attached hydrogens (tertiary/aromatic N) is 1. The van der Waals surface area contributed by atoms with Crippen molar-refractivity contribution in [3.8, 4) is 0 Å². The minimum Gasteiger partial charge on any atom is -0.310 e.